The van der Waals surface area contributed by atoms with Crippen LogP contribution < -0.4 is 4.90 Å². The largest absolute Gasteiger partial charge is 0.507 e. The molecule has 0 heterocycles. The highest BCUT2D eigenvalue weighted by Gasteiger charge is 2.38. The highest BCUT2D eigenvalue weighted by Crippen LogP contribution is 2.36. The molecule has 0 saturated carbocycles. The van der Waals surface area contributed by atoms with E-state index in [9.17, 15) is 69.2 Å². The number of halogens is 9. The van der Waals surface area contributed by atoms with E-state index >= 15 is 0 Å². The molecule has 0 saturated heterocycles. The summed E-state index contributed by atoms with van der Waals surface area (Å²) in [6.07, 6.45) is -15.8. The lowest BCUT2D eigenvalue weighted by molar-refractivity contribution is -0.165. The molecule has 242 valence electrons. The summed E-state index contributed by atoms with van der Waals surface area (Å²) in [5, 5.41) is 30.0. The molecular formula is C30H18F9NO6. The van der Waals surface area contributed by atoms with Gasteiger partial charge in [-0.3, -0.25) is 14.4 Å². The molecule has 16 heteroatoms. The number of hydrogen-bond donors (Lipinski definition) is 3. The van der Waals surface area contributed by atoms with E-state index in [0.717, 1.165) is 36.4 Å². The van der Waals surface area contributed by atoms with Crippen molar-refractivity contribution in [3.05, 3.63) is 108 Å². The molecule has 3 rings (SSSR count). The second kappa shape index (κ2) is 13.2. The average molecular weight is 659 g/mol. The number of aliphatic hydroxyl groups is 3. The van der Waals surface area contributed by atoms with Gasteiger partial charge in [-0.1, -0.05) is 0 Å². The molecule has 3 aromatic rings. The SMILES string of the molecule is O=C(/C=C(\O)c1ccc(N(c2ccc(/C(O)=C/C(=O)C(F)(F)F)cc2)c2ccc(/C(O)=C/C(=O)C(F)(F)F)cc2)cc1)C(F)(F)F. The van der Waals surface area contributed by atoms with Gasteiger partial charge in [0.25, 0.3) is 17.3 Å². The first-order valence-corrected chi connectivity index (χ1v) is 12.4. The number of ketones is 3. The van der Waals surface area contributed by atoms with Gasteiger partial charge in [-0.2, -0.15) is 39.5 Å². The summed E-state index contributed by atoms with van der Waals surface area (Å²) in [5.74, 6) is -10.0. The van der Waals surface area contributed by atoms with Crippen molar-refractivity contribution in [2.24, 2.45) is 0 Å². The number of rotatable bonds is 9. The molecule has 0 aromatic heterocycles. The van der Waals surface area contributed by atoms with Gasteiger partial charge in [0.15, 0.2) is 0 Å². The Morgan fingerprint density at radius 1 is 0.435 bits per heavy atom. The van der Waals surface area contributed by atoms with Crippen molar-refractivity contribution in [3.8, 4) is 0 Å². The molecule has 3 N–H and O–H groups in total. The Hall–Kier alpha value is -5.54. The zero-order chi connectivity index (χ0) is 34.6. The van der Waals surface area contributed by atoms with E-state index < -0.39 is 53.2 Å². The van der Waals surface area contributed by atoms with Crippen LogP contribution in [0.5, 0.6) is 0 Å². The first-order valence-electron chi connectivity index (χ1n) is 12.4. The Morgan fingerprint density at radius 3 is 0.804 bits per heavy atom. The summed E-state index contributed by atoms with van der Waals surface area (Å²) in [4.78, 5) is 35.0. The Morgan fingerprint density at radius 2 is 0.630 bits per heavy atom. The average Bonchev–Trinajstić information content (AvgIpc) is 2.96. The van der Waals surface area contributed by atoms with Gasteiger partial charge >= 0.3 is 18.5 Å². The van der Waals surface area contributed by atoms with Gasteiger partial charge in [0, 0.05) is 52.0 Å². The number of carbonyl (C=O) groups excluding carboxylic acids is 3. The monoisotopic (exact) mass is 659 g/mol. The van der Waals surface area contributed by atoms with Crippen molar-refractivity contribution in [1.82, 2.24) is 0 Å². The second-order valence-electron chi connectivity index (χ2n) is 9.15. The standard InChI is InChI=1S/C30H18F9NO6/c31-28(32,33)25(44)13-22(41)16-1-7-19(8-2-16)40(20-9-3-17(4-10-20)23(42)14-26(45)29(34,35)36)21-11-5-18(6-12-21)24(43)15-27(46)30(37,38)39/h1-15,41-43H/b22-13-,23-14-,24-15-. The molecule has 0 fully saturated rings. The first-order chi connectivity index (χ1) is 21.2. The van der Waals surface area contributed by atoms with Gasteiger partial charge in [0.2, 0.25) is 0 Å². The molecule has 0 spiro atoms. The molecule has 0 atom stereocenters. The van der Waals surface area contributed by atoms with Crippen LogP contribution in [0.1, 0.15) is 16.7 Å². The quantitative estimate of drug-likeness (QED) is 0.120. The minimum atomic E-state index is -5.24. The summed E-state index contributed by atoms with van der Waals surface area (Å²) in [7, 11) is 0. The van der Waals surface area contributed by atoms with Crippen molar-refractivity contribution in [2.45, 2.75) is 18.5 Å². The van der Waals surface area contributed by atoms with E-state index in [1.165, 1.54) is 41.3 Å². The lowest BCUT2D eigenvalue weighted by Gasteiger charge is -2.26. The van der Waals surface area contributed by atoms with Crippen molar-refractivity contribution < 1.29 is 69.2 Å². The number of hydrogen-bond acceptors (Lipinski definition) is 7. The number of carbonyl (C=O) groups is 3. The van der Waals surface area contributed by atoms with Crippen LogP contribution in [0.15, 0.2) is 91.0 Å². The highest BCUT2D eigenvalue weighted by molar-refractivity contribution is 6.00. The van der Waals surface area contributed by atoms with Gasteiger partial charge < -0.3 is 20.2 Å². The van der Waals surface area contributed by atoms with Crippen LogP contribution in [0.2, 0.25) is 0 Å². The molecule has 46 heavy (non-hydrogen) atoms. The Labute approximate surface area is 252 Å². The summed E-state index contributed by atoms with van der Waals surface area (Å²) in [5.41, 5.74) is -0.00277. The minimum Gasteiger partial charge on any atom is -0.507 e. The van der Waals surface area contributed by atoms with Gasteiger partial charge in [0.1, 0.15) is 17.3 Å². The van der Waals surface area contributed by atoms with E-state index in [1.54, 1.807) is 0 Å². The lowest BCUT2D eigenvalue weighted by atomic mass is 10.1. The van der Waals surface area contributed by atoms with Crippen LogP contribution in [0.4, 0.5) is 56.6 Å². The van der Waals surface area contributed by atoms with Crippen LogP contribution in [0, 0.1) is 0 Å². The topological polar surface area (TPSA) is 115 Å². The molecule has 0 aliphatic carbocycles. The van der Waals surface area contributed by atoms with Crippen molar-refractivity contribution in [3.63, 3.8) is 0 Å². The zero-order valence-electron chi connectivity index (χ0n) is 22.6. The number of aliphatic hydroxyl groups excluding tert-OH is 3. The number of benzene rings is 3. The fourth-order valence-corrected chi connectivity index (χ4v) is 3.66. The van der Waals surface area contributed by atoms with Crippen molar-refractivity contribution in [2.75, 3.05) is 4.90 Å². The summed E-state index contributed by atoms with van der Waals surface area (Å²) in [6, 6.07) is 14.5. The number of nitrogens with zero attached hydrogens (tertiary/aromatic N) is 1. The van der Waals surface area contributed by atoms with Crippen LogP contribution in [-0.2, 0) is 14.4 Å². The molecule has 7 nitrogen and oxygen atoms in total. The summed E-state index contributed by atoms with van der Waals surface area (Å²) in [6.45, 7) is 0. The maximum absolute atomic E-state index is 12.6. The molecule has 0 amide bonds. The van der Waals surface area contributed by atoms with Gasteiger partial charge in [-0.15, -0.1) is 0 Å². The summed E-state index contributed by atoms with van der Waals surface area (Å²) < 4.78 is 113. The van der Waals surface area contributed by atoms with Gasteiger partial charge in [-0.25, -0.2) is 0 Å². The van der Waals surface area contributed by atoms with Crippen LogP contribution in [0.3, 0.4) is 0 Å². The third-order valence-electron chi connectivity index (χ3n) is 5.91. The minimum absolute atomic E-state index is 0.0305. The maximum Gasteiger partial charge on any atom is 0.454 e. The van der Waals surface area contributed by atoms with Crippen molar-refractivity contribution in [1.29, 1.82) is 0 Å². The lowest BCUT2D eigenvalue weighted by Crippen LogP contribution is -2.20. The zero-order valence-corrected chi connectivity index (χ0v) is 22.6. The molecular weight excluding hydrogens is 641 g/mol. The molecule has 0 aliphatic heterocycles. The Kier molecular flexibility index (Phi) is 10.0. The molecule has 0 bridgehead atoms. The third-order valence-corrected chi connectivity index (χ3v) is 5.91. The fraction of sp³-hybridized carbons (Fsp3) is 0.100. The Balaban J connectivity index is 2.06. The van der Waals surface area contributed by atoms with E-state index in [0.29, 0.717) is 0 Å². The normalized spacial score (nSPS) is 13.4. The third kappa shape index (κ3) is 8.77. The molecule has 0 unspecified atom stereocenters. The van der Waals surface area contributed by atoms with E-state index in [1.807, 2.05) is 0 Å². The summed E-state index contributed by atoms with van der Waals surface area (Å²) >= 11 is 0. The first kappa shape index (κ1) is 34.9. The smallest absolute Gasteiger partial charge is 0.454 e. The van der Waals surface area contributed by atoms with Crippen LogP contribution in [0.25, 0.3) is 17.3 Å². The van der Waals surface area contributed by atoms with Gasteiger partial charge in [0.05, 0.1) is 0 Å². The fourth-order valence-electron chi connectivity index (χ4n) is 3.66. The Bertz CT molecular complexity index is 1500. The number of allylic oxidation sites excluding steroid dienone is 3. The highest BCUT2D eigenvalue weighted by atomic mass is 19.4. The molecule has 3 aromatic carbocycles. The number of alkyl halides is 9. The van der Waals surface area contributed by atoms with Crippen molar-refractivity contribution >= 4 is 51.7 Å². The maximum atomic E-state index is 12.6. The number of anilines is 3. The van der Waals surface area contributed by atoms with E-state index in [-0.39, 0.29) is 52.0 Å². The predicted octanol–water partition coefficient (Wildman–Crippen LogP) is 8.25. The second-order valence-corrected chi connectivity index (χ2v) is 9.15. The van der Waals surface area contributed by atoms with Gasteiger partial charge in [-0.05, 0) is 72.8 Å². The molecule has 0 radical (unpaired) electrons. The van der Waals surface area contributed by atoms with E-state index in [2.05, 4.69) is 0 Å². The molecule has 0 aliphatic rings. The predicted molar refractivity (Wildman–Crippen MR) is 146 cm³/mol. The van der Waals surface area contributed by atoms with Crippen LogP contribution in [-0.4, -0.2) is 51.2 Å². The van der Waals surface area contributed by atoms with E-state index in [4.69, 9.17) is 0 Å². The van der Waals surface area contributed by atoms with Crippen LogP contribution >= 0.6 is 0 Å².